The Kier molecular flexibility index (Phi) is 4.35. The van der Waals surface area contributed by atoms with Gasteiger partial charge in [0.25, 0.3) is 0 Å². The molecule has 0 aliphatic carbocycles. The summed E-state index contributed by atoms with van der Waals surface area (Å²) >= 11 is 2.28. The van der Waals surface area contributed by atoms with Gasteiger partial charge in [-0.15, -0.1) is 0 Å². The molecule has 3 heteroatoms. The van der Waals surface area contributed by atoms with Gasteiger partial charge in [0.05, 0.1) is 11.8 Å². The summed E-state index contributed by atoms with van der Waals surface area (Å²) in [5.41, 5.74) is 3.97. The van der Waals surface area contributed by atoms with Crippen LogP contribution >= 0.6 is 22.6 Å². The van der Waals surface area contributed by atoms with Crippen molar-refractivity contribution in [2.75, 3.05) is 0 Å². The molecule has 2 nitrogen and oxygen atoms in total. The fraction of sp³-hybridized carbons (Fsp3) is 0.267. The lowest BCUT2D eigenvalue weighted by Crippen LogP contribution is -2.05. The van der Waals surface area contributed by atoms with Gasteiger partial charge in [-0.25, -0.2) is 0 Å². The van der Waals surface area contributed by atoms with Crippen LogP contribution in [0.3, 0.4) is 0 Å². The lowest BCUT2D eigenvalue weighted by molar-refractivity contribution is 0.173. The van der Waals surface area contributed by atoms with E-state index in [1.165, 1.54) is 3.57 Å². The zero-order chi connectivity index (χ0) is 13.1. The molecule has 1 heterocycles. The van der Waals surface area contributed by atoms with Crippen LogP contribution < -0.4 is 0 Å². The van der Waals surface area contributed by atoms with Crippen LogP contribution in [-0.2, 0) is 6.42 Å². The number of pyridine rings is 1. The zero-order valence-corrected chi connectivity index (χ0v) is 12.7. The molecule has 0 aliphatic heterocycles. The molecule has 0 spiro atoms. The number of rotatable bonds is 3. The molecule has 0 aliphatic rings. The maximum atomic E-state index is 10.2. The molecular formula is C15H16INO. The summed E-state index contributed by atoms with van der Waals surface area (Å²) < 4.78 is 1.20. The van der Waals surface area contributed by atoms with E-state index in [4.69, 9.17) is 0 Å². The van der Waals surface area contributed by atoms with E-state index in [-0.39, 0.29) is 0 Å². The van der Waals surface area contributed by atoms with Crippen LogP contribution in [0.15, 0.2) is 36.4 Å². The van der Waals surface area contributed by atoms with Crippen molar-refractivity contribution in [2.45, 2.75) is 26.4 Å². The van der Waals surface area contributed by atoms with E-state index in [1.54, 1.807) is 0 Å². The van der Waals surface area contributed by atoms with Crippen LogP contribution in [0.5, 0.6) is 0 Å². The Morgan fingerprint density at radius 1 is 1.17 bits per heavy atom. The molecule has 2 aromatic rings. The highest BCUT2D eigenvalue weighted by atomic mass is 127. The van der Waals surface area contributed by atoms with Crippen molar-refractivity contribution in [3.05, 3.63) is 62.5 Å². The highest BCUT2D eigenvalue weighted by Gasteiger charge is 2.11. The fourth-order valence-corrected chi connectivity index (χ4v) is 2.35. The second-order valence-electron chi connectivity index (χ2n) is 4.56. The van der Waals surface area contributed by atoms with E-state index >= 15 is 0 Å². The van der Waals surface area contributed by atoms with E-state index in [2.05, 4.69) is 39.7 Å². The minimum Gasteiger partial charge on any atom is -0.386 e. The van der Waals surface area contributed by atoms with E-state index in [0.717, 1.165) is 22.5 Å². The molecule has 2 rings (SSSR count). The summed E-state index contributed by atoms with van der Waals surface area (Å²) in [6.07, 6.45) is 0.0657. The molecule has 94 valence electrons. The highest BCUT2D eigenvalue weighted by molar-refractivity contribution is 14.1. The van der Waals surface area contributed by atoms with Crippen LogP contribution in [0, 0.1) is 17.4 Å². The highest BCUT2D eigenvalue weighted by Crippen LogP contribution is 2.19. The third kappa shape index (κ3) is 3.53. The Balaban J connectivity index is 2.16. The van der Waals surface area contributed by atoms with Gasteiger partial charge in [0.2, 0.25) is 0 Å². The normalized spacial score (nSPS) is 12.4. The number of aryl methyl sites for hydroxylation is 2. The molecule has 0 fully saturated rings. The first kappa shape index (κ1) is 13.5. The van der Waals surface area contributed by atoms with Crippen molar-refractivity contribution < 1.29 is 5.11 Å². The molecule has 1 unspecified atom stereocenters. The minimum atomic E-state index is -0.538. The van der Waals surface area contributed by atoms with Crippen LogP contribution in [0.2, 0.25) is 0 Å². The molecule has 0 saturated carbocycles. The Labute approximate surface area is 121 Å². The Bertz CT molecular complexity index is 516. The first-order chi connectivity index (χ1) is 8.54. The largest absolute Gasteiger partial charge is 0.386 e. The van der Waals surface area contributed by atoms with Crippen molar-refractivity contribution >= 4 is 22.6 Å². The standard InChI is InChI=1S/C15H16INO/c1-10-7-11(2)17-14(8-10)15(18)9-12-3-5-13(16)6-4-12/h3-8,15,18H,9H2,1-2H3. The van der Waals surface area contributed by atoms with Gasteiger partial charge in [0.15, 0.2) is 0 Å². The SMILES string of the molecule is Cc1cc(C)nc(C(O)Cc2ccc(I)cc2)c1. The molecule has 0 radical (unpaired) electrons. The summed E-state index contributed by atoms with van der Waals surface area (Å²) in [5.74, 6) is 0. The molecule has 1 N–H and O–H groups in total. The van der Waals surface area contributed by atoms with E-state index in [0.29, 0.717) is 6.42 Å². The van der Waals surface area contributed by atoms with Crippen LogP contribution in [0.25, 0.3) is 0 Å². The van der Waals surface area contributed by atoms with E-state index in [1.807, 2.05) is 38.1 Å². The quantitative estimate of drug-likeness (QED) is 0.856. The van der Waals surface area contributed by atoms with Gasteiger partial charge in [-0.3, -0.25) is 4.98 Å². The molecule has 0 bridgehead atoms. The fourth-order valence-electron chi connectivity index (χ4n) is 1.99. The van der Waals surface area contributed by atoms with Crippen LogP contribution in [-0.4, -0.2) is 10.1 Å². The smallest absolute Gasteiger partial charge is 0.1000 e. The summed E-state index contributed by atoms with van der Waals surface area (Å²) in [4.78, 5) is 4.40. The number of aliphatic hydroxyl groups excluding tert-OH is 1. The Hall–Kier alpha value is -0.940. The van der Waals surface area contributed by atoms with Crippen LogP contribution in [0.4, 0.5) is 0 Å². The lowest BCUT2D eigenvalue weighted by Gasteiger charge is -2.12. The topological polar surface area (TPSA) is 33.1 Å². The first-order valence-electron chi connectivity index (χ1n) is 5.92. The van der Waals surface area contributed by atoms with Gasteiger partial charge in [0.1, 0.15) is 0 Å². The summed E-state index contributed by atoms with van der Waals surface area (Å²) in [6, 6.07) is 12.2. The average molecular weight is 353 g/mol. The van der Waals surface area contributed by atoms with E-state index in [9.17, 15) is 5.11 Å². The second-order valence-corrected chi connectivity index (χ2v) is 5.80. The van der Waals surface area contributed by atoms with Gasteiger partial charge in [-0.1, -0.05) is 12.1 Å². The van der Waals surface area contributed by atoms with E-state index < -0.39 is 6.10 Å². The molecule has 18 heavy (non-hydrogen) atoms. The molecule has 1 atom stereocenters. The van der Waals surface area contributed by atoms with Gasteiger partial charge in [-0.05, 0) is 71.8 Å². The first-order valence-corrected chi connectivity index (χ1v) is 7.00. The van der Waals surface area contributed by atoms with Crippen molar-refractivity contribution in [2.24, 2.45) is 0 Å². The molecule has 1 aromatic carbocycles. The number of aliphatic hydroxyl groups is 1. The second kappa shape index (κ2) is 5.80. The van der Waals surface area contributed by atoms with Crippen molar-refractivity contribution in [1.82, 2.24) is 4.98 Å². The van der Waals surface area contributed by atoms with Crippen molar-refractivity contribution in [1.29, 1.82) is 0 Å². The molecule has 1 aromatic heterocycles. The number of hydrogen-bond acceptors (Lipinski definition) is 2. The Morgan fingerprint density at radius 3 is 2.44 bits per heavy atom. The average Bonchev–Trinajstić information content (AvgIpc) is 2.31. The predicted octanol–water partition coefficient (Wildman–Crippen LogP) is 3.58. The molecule has 0 amide bonds. The van der Waals surface area contributed by atoms with Crippen LogP contribution in [0.1, 0.15) is 28.6 Å². The lowest BCUT2D eigenvalue weighted by atomic mass is 10.0. The monoisotopic (exact) mass is 353 g/mol. The third-order valence-corrected chi connectivity index (χ3v) is 3.52. The Morgan fingerprint density at radius 2 is 1.83 bits per heavy atom. The molecular weight excluding hydrogens is 337 g/mol. The van der Waals surface area contributed by atoms with Crippen molar-refractivity contribution in [3.8, 4) is 0 Å². The minimum absolute atomic E-state index is 0.538. The number of nitrogens with zero attached hydrogens (tertiary/aromatic N) is 1. The van der Waals surface area contributed by atoms with Gasteiger partial charge < -0.3 is 5.11 Å². The summed E-state index contributed by atoms with van der Waals surface area (Å²) in [5, 5.41) is 10.2. The van der Waals surface area contributed by atoms with Gasteiger partial charge in [0, 0.05) is 15.7 Å². The maximum absolute atomic E-state index is 10.2. The number of hydrogen-bond donors (Lipinski definition) is 1. The summed E-state index contributed by atoms with van der Waals surface area (Å²) in [6.45, 7) is 3.98. The van der Waals surface area contributed by atoms with Gasteiger partial charge in [-0.2, -0.15) is 0 Å². The van der Waals surface area contributed by atoms with Gasteiger partial charge >= 0.3 is 0 Å². The summed E-state index contributed by atoms with van der Waals surface area (Å²) in [7, 11) is 0. The number of aromatic nitrogens is 1. The number of benzene rings is 1. The predicted molar refractivity (Wildman–Crippen MR) is 81.5 cm³/mol. The van der Waals surface area contributed by atoms with Crippen molar-refractivity contribution in [3.63, 3.8) is 0 Å². The zero-order valence-electron chi connectivity index (χ0n) is 10.5. The maximum Gasteiger partial charge on any atom is 0.1000 e. The third-order valence-electron chi connectivity index (χ3n) is 2.80. The number of halogens is 1. The molecule has 0 saturated heterocycles.